The number of nitrogens with two attached hydrogens (primary N) is 1. The first-order chi connectivity index (χ1) is 10.2. The van der Waals surface area contributed by atoms with E-state index in [4.69, 9.17) is 15.2 Å². The highest BCUT2D eigenvalue weighted by molar-refractivity contribution is 5.51. The third-order valence-electron chi connectivity index (χ3n) is 4.27. The molecule has 2 fully saturated rings. The topological polar surface area (TPSA) is 47.7 Å². The normalized spacial score (nSPS) is 21.5. The van der Waals surface area contributed by atoms with Crippen LogP contribution in [0.1, 0.15) is 25.7 Å². The summed E-state index contributed by atoms with van der Waals surface area (Å²) in [6.45, 7) is 3.08. The molecule has 5 heteroatoms. The van der Waals surface area contributed by atoms with E-state index in [9.17, 15) is 4.39 Å². The van der Waals surface area contributed by atoms with Crippen molar-refractivity contribution in [2.24, 2.45) is 5.73 Å². The minimum absolute atomic E-state index is 0.136. The number of rotatable bonds is 3. The van der Waals surface area contributed by atoms with Gasteiger partial charge < -0.3 is 20.1 Å². The third-order valence-corrected chi connectivity index (χ3v) is 4.27. The molecule has 21 heavy (non-hydrogen) atoms. The molecule has 0 spiro atoms. The highest BCUT2D eigenvalue weighted by atomic mass is 19.1. The van der Waals surface area contributed by atoms with E-state index in [-0.39, 0.29) is 18.0 Å². The van der Waals surface area contributed by atoms with Crippen LogP contribution in [0.3, 0.4) is 0 Å². The fourth-order valence-corrected chi connectivity index (χ4v) is 2.94. The van der Waals surface area contributed by atoms with Crippen molar-refractivity contribution in [2.45, 2.75) is 37.8 Å². The smallest absolute Gasteiger partial charge is 0.150 e. The summed E-state index contributed by atoms with van der Waals surface area (Å²) in [6.07, 6.45) is 3.71. The number of anilines is 1. The lowest BCUT2D eigenvalue weighted by Gasteiger charge is -2.32. The van der Waals surface area contributed by atoms with E-state index in [0.717, 1.165) is 52.0 Å². The van der Waals surface area contributed by atoms with Gasteiger partial charge in [0.25, 0.3) is 0 Å². The van der Waals surface area contributed by atoms with Crippen LogP contribution >= 0.6 is 0 Å². The fraction of sp³-hybridized carbons (Fsp3) is 0.625. The van der Waals surface area contributed by atoms with Crippen molar-refractivity contribution in [1.82, 2.24) is 0 Å². The molecule has 3 rings (SSSR count). The van der Waals surface area contributed by atoms with Gasteiger partial charge in [-0.15, -0.1) is 0 Å². The van der Waals surface area contributed by atoms with E-state index in [1.165, 1.54) is 6.07 Å². The van der Waals surface area contributed by atoms with Crippen molar-refractivity contribution in [3.05, 3.63) is 24.0 Å². The molecule has 4 nitrogen and oxygen atoms in total. The molecule has 1 aromatic carbocycles. The van der Waals surface area contributed by atoms with Gasteiger partial charge >= 0.3 is 0 Å². The second-order valence-electron chi connectivity index (χ2n) is 5.87. The maximum Gasteiger partial charge on any atom is 0.150 e. The number of hydrogen-bond acceptors (Lipinski definition) is 4. The van der Waals surface area contributed by atoms with Gasteiger partial charge in [0.2, 0.25) is 0 Å². The highest BCUT2D eigenvalue weighted by Crippen LogP contribution is 2.27. The van der Waals surface area contributed by atoms with Crippen molar-refractivity contribution in [2.75, 3.05) is 31.2 Å². The Labute approximate surface area is 125 Å². The average molecular weight is 294 g/mol. The minimum atomic E-state index is -0.213. The summed E-state index contributed by atoms with van der Waals surface area (Å²) in [5.41, 5.74) is 6.54. The molecule has 0 aliphatic carbocycles. The van der Waals surface area contributed by atoms with Crippen LogP contribution in [0.25, 0.3) is 0 Å². The molecule has 0 aromatic heterocycles. The average Bonchev–Trinajstić information content (AvgIpc) is 2.50. The Morgan fingerprint density at radius 1 is 1.14 bits per heavy atom. The summed E-state index contributed by atoms with van der Waals surface area (Å²) >= 11 is 0. The van der Waals surface area contributed by atoms with E-state index in [1.54, 1.807) is 0 Å². The molecule has 0 amide bonds. The summed E-state index contributed by atoms with van der Waals surface area (Å²) in [6, 6.07) is 5.43. The van der Waals surface area contributed by atoms with Gasteiger partial charge in [-0.05, 0) is 25.0 Å². The van der Waals surface area contributed by atoms with Crippen LogP contribution in [0.5, 0.6) is 5.75 Å². The van der Waals surface area contributed by atoms with Gasteiger partial charge in [0.15, 0.2) is 0 Å². The second kappa shape index (κ2) is 6.62. The Bertz CT molecular complexity index is 469. The first-order valence-corrected chi connectivity index (χ1v) is 7.77. The Morgan fingerprint density at radius 2 is 1.86 bits per heavy atom. The summed E-state index contributed by atoms with van der Waals surface area (Å²) in [5, 5.41) is 0. The highest BCUT2D eigenvalue weighted by Gasteiger charge is 2.20. The lowest BCUT2D eigenvalue weighted by molar-refractivity contribution is 0.0255. The maximum atomic E-state index is 14.3. The molecule has 2 aliphatic heterocycles. The quantitative estimate of drug-likeness (QED) is 0.929. The van der Waals surface area contributed by atoms with E-state index in [1.807, 2.05) is 12.1 Å². The molecule has 116 valence electrons. The molecule has 2 saturated heterocycles. The summed E-state index contributed by atoms with van der Waals surface area (Å²) in [4.78, 5) is 2.07. The molecular weight excluding hydrogens is 271 g/mol. The molecule has 2 heterocycles. The van der Waals surface area contributed by atoms with Crippen LogP contribution in [0.15, 0.2) is 18.2 Å². The molecular formula is C16H23FN2O2. The molecule has 0 saturated carbocycles. The van der Waals surface area contributed by atoms with Crippen molar-refractivity contribution in [3.63, 3.8) is 0 Å². The Balaban J connectivity index is 1.64. The number of hydrogen-bond donors (Lipinski definition) is 1. The Hall–Kier alpha value is -1.33. The van der Waals surface area contributed by atoms with Gasteiger partial charge in [-0.1, -0.05) is 0 Å². The van der Waals surface area contributed by atoms with Crippen LogP contribution in [0, 0.1) is 5.82 Å². The zero-order valence-electron chi connectivity index (χ0n) is 12.3. The van der Waals surface area contributed by atoms with E-state index in [2.05, 4.69) is 4.90 Å². The number of benzene rings is 1. The van der Waals surface area contributed by atoms with Gasteiger partial charge in [-0.2, -0.15) is 0 Å². The fourth-order valence-electron chi connectivity index (χ4n) is 2.94. The number of ether oxygens (including phenoxy) is 2. The first-order valence-electron chi connectivity index (χ1n) is 7.77. The van der Waals surface area contributed by atoms with Crippen LogP contribution in [-0.2, 0) is 4.74 Å². The predicted octanol–water partition coefficient (Wildman–Crippen LogP) is 2.31. The van der Waals surface area contributed by atoms with Gasteiger partial charge in [-0.25, -0.2) is 4.39 Å². The standard InChI is InChI=1S/C16H23FN2O2/c17-15-11-14(21-13-5-9-20-10-6-13)1-2-16(15)19-7-3-12(18)4-8-19/h1-2,11-13H,3-10,18H2. The SMILES string of the molecule is NC1CCN(c2ccc(OC3CCOCC3)cc2F)CC1. The van der Waals surface area contributed by atoms with Gasteiger partial charge in [0, 0.05) is 38.0 Å². The van der Waals surface area contributed by atoms with Crippen molar-refractivity contribution in [1.29, 1.82) is 0 Å². The monoisotopic (exact) mass is 294 g/mol. The zero-order chi connectivity index (χ0) is 14.7. The number of nitrogens with zero attached hydrogens (tertiary/aromatic N) is 1. The number of piperidine rings is 1. The molecule has 2 N–H and O–H groups in total. The van der Waals surface area contributed by atoms with Crippen LogP contribution < -0.4 is 15.4 Å². The number of halogens is 1. The molecule has 0 bridgehead atoms. The van der Waals surface area contributed by atoms with Crippen LogP contribution in [-0.4, -0.2) is 38.4 Å². The second-order valence-corrected chi connectivity index (χ2v) is 5.87. The zero-order valence-corrected chi connectivity index (χ0v) is 12.3. The van der Waals surface area contributed by atoms with Gasteiger partial charge in [0.1, 0.15) is 17.7 Å². The van der Waals surface area contributed by atoms with Gasteiger partial charge in [-0.3, -0.25) is 0 Å². The molecule has 1 aromatic rings. The van der Waals surface area contributed by atoms with Crippen LogP contribution in [0.4, 0.5) is 10.1 Å². The predicted molar refractivity (Wildman–Crippen MR) is 80.3 cm³/mol. The van der Waals surface area contributed by atoms with Crippen LogP contribution in [0.2, 0.25) is 0 Å². The Kier molecular flexibility index (Phi) is 4.60. The summed E-state index contributed by atoms with van der Waals surface area (Å²) in [7, 11) is 0. The summed E-state index contributed by atoms with van der Waals surface area (Å²) in [5.74, 6) is 0.395. The van der Waals surface area contributed by atoms with E-state index >= 15 is 0 Å². The van der Waals surface area contributed by atoms with Gasteiger partial charge in [0.05, 0.1) is 18.9 Å². The lowest BCUT2D eigenvalue weighted by atomic mass is 10.1. The maximum absolute atomic E-state index is 14.3. The minimum Gasteiger partial charge on any atom is -0.490 e. The summed E-state index contributed by atoms with van der Waals surface area (Å²) < 4.78 is 25.4. The van der Waals surface area contributed by atoms with Crippen molar-refractivity contribution in [3.8, 4) is 5.75 Å². The molecule has 2 aliphatic rings. The largest absolute Gasteiger partial charge is 0.490 e. The van der Waals surface area contributed by atoms with Crippen molar-refractivity contribution >= 4 is 5.69 Å². The Morgan fingerprint density at radius 3 is 2.52 bits per heavy atom. The molecule has 0 radical (unpaired) electrons. The van der Waals surface area contributed by atoms with E-state index in [0.29, 0.717) is 11.4 Å². The van der Waals surface area contributed by atoms with E-state index < -0.39 is 0 Å². The molecule has 0 unspecified atom stereocenters. The third kappa shape index (κ3) is 3.66. The van der Waals surface area contributed by atoms with Crippen molar-refractivity contribution < 1.29 is 13.9 Å². The first kappa shape index (κ1) is 14.6. The molecule has 0 atom stereocenters. The lowest BCUT2D eigenvalue weighted by Crippen LogP contribution is -2.40.